The smallest absolute Gasteiger partial charge is 0.358 e. The van der Waals surface area contributed by atoms with E-state index in [1.54, 1.807) is 44.6 Å². The first-order chi connectivity index (χ1) is 17.1. The molecule has 4 heterocycles. The number of aliphatic hydroxyl groups excluding tert-OH is 1. The zero-order chi connectivity index (χ0) is 27.6. The first-order valence-electron chi connectivity index (χ1n) is 12.2. The van der Waals surface area contributed by atoms with Gasteiger partial charge in [-0.25, -0.2) is 9.78 Å². The number of carbonyl (C=O) groups is 4. The van der Waals surface area contributed by atoms with Crippen LogP contribution in [0.4, 0.5) is 0 Å². The van der Waals surface area contributed by atoms with Crippen LogP contribution in [0.15, 0.2) is 18.2 Å². The molecule has 0 aromatic carbocycles. The van der Waals surface area contributed by atoms with Gasteiger partial charge >= 0.3 is 11.9 Å². The molecule has 11 heteroatoms. The summed E-state index contributed by atoms with van der Waals surface area (Å²) in [6.45, 7) is 13.4. The van der Waals surface area contributed by atoms with E-state index in [2.05, 4.69) is 4.98 Å². The monoisotopic (exact) mass is 531 g/mol. The van der Waals surface area contributed by atoms with E-state index in [4.69, 9.17) is 9.47 Å². The molecule has 0 spiro atoms. The van der Waals surface area contributed by atoms with Crippen LogP contribution in [0.25, 0.3) is 10.4 Å². The van der Waals surface area contributed by atoms with E-state index >= 15 is 0 Å². The molecular weight excluding hydrogens is 498 g/mol. The van der Waals surface area contributed by atoms with E-state index in [1.165, 1.54) is 16.2 Å². The van der Waals surface area contributed by atoms with Gasteiger partial charge in [-0.3, -0.25) is 18.8 Å². The van der Waals surface area contributed by atoms with Crippen molar-refractivity contribution in [1.82, 2.24) is 14.3 Å². The first-order valence-corrected chi connectivity index (χ1v) is 13.0. The average Bonchev–Trinajstić information content (AvgIpc) is 3.41. The molecule has 0 unspecified atom stereocenters. The fourth-order valence-corrected chi connectivity index (χ4v) is 5.95. The van der Waals surface area contributed by atoms with Crippen LogP contribution in [-0.4, -0.2) is 62.0 Å². The maximum Gasteiger partial charge on any atom is 0.358 e. The van der Waals surface area contributed by atoms with Crippen LogP contribution < -0.4 is 0 Å². The van der Waals surface area contributed by atoms with Crippen LogP contribution in [0.5, 0.6) is 0 Å². The number of thiazole rings is 1. The summed E-state index contributed by atoms with van der Waals surface area (Å²) in [5.41, 5.74) is -0.408. The zero-order valence-corrected chi connectivity index (χ0v) is 23.1. The summed E-state index contributed by atoms with van der Waals surface area (Å²) >= 11 is 1.30. The largest absolute Gasteiger partial charge is 0.427 e. The third-order valence-electron chi connectivity index (χ3n) is 6.73. The second-order valence-corrected chi connectivity index (χ2v) is 12.8. The van der Waals surface area contributed by atoms with Gasteiger partial charge in [-0.1, -0.05) is 27.7 Å². The lowest BCUT2D eigenvalue weighted by molar-refractivity contribution is -0.175. The number of aliphatic hydroxyl groups is 1. The Morgan fingerprint density at radius 3 is 2.35 bits per heavy atom. The lowest BCUT2D eigenvalue weighted by Crippen LogP contribution is -2.63. The number of ketones is 1. The van der Waals surface area contributed by atoms with Crippen molar-refractivity contribution in [3.8, 4) is 0 Å². The Morgan fingerprint density at radius 1 is 1.14 bits per heavy atom. The summed E-state index contributed by atoms with van der Waals surface area (Å²) < 4.78 is 12.1. The first kappa shape index (κ1) is 27.0. The van der Waals surface area contributed by atoms with Crippen molar-refractivity contribution in [2.45, 2.75) is 67.5 Å². The van der Waals surface area contributed by atoms with E-state index in [0.717, 1.165) is 0 Å². The number of fused-ring (bicyclic) bond motifs is 2. The predicted octanol–water partition coefficient (Wildman–Crippen LogP) is 3.28. The van der Waals surface area contributed by atoms with E-state index in [0.29, 0.717) is 21.0 Å². The molecule has 4 atom stereocenters. The van der Waals surface area contributed by atoms with Crippen LogP contribution in [-0.2, 0) is 23.9 Å². The Kier molecular flexibility index (Phi) is 6.61. The highest BCUT2D eigenvalue weighted by atomic mass is 32.1. The number of nitrogens with zero attached hydrogens (tertiary/aromatic N) is 3. The average molecular weight is 532 g/mol. The standard InChI is InChI=1S/C26H33N3O7S/c1-12-15(14-9-28-10-27-17(22(28)37-14)20(31)25(3,4)5)19(29-18(12)16(13(2)30)21(29)32)23(33)35-11-36-24(34)26(6,7)8/h9-10,12-13,16,18,30H,11H2,1-8H3/t12-,13+,16+,18+/m0/s1. The molecule has 1 fully saturated rings. The zero-order valence-electron chi connectivity index (χ0n) is 22.3. The predicted molar refractivity (Wildman–Crippen MR) is 135 cm³/mol. The quantitative estimate of drug-likeness (QED) is 0.260. The molecule has 2 aliphatic heterocycles. The van der Waals surface area contributed by atoms with Crippen molar-refractivity contribution in [2.24, 2.45) is 22.7 Å². The molecule has 200 valence electrons. The lowest BCUT2D eigenvalue weighted by atomic mass is 9.77. The molecule has 2 aromatic rings. The third kappa shape index (κ3) is 4.48. The molecule has 1 amide bonds. The second kappa shape index (κ2) is 9.05. The highest BCUT2D eigenvalue weighted by Gasteiger charge is 2.60. The number of imidazole rings is 1. The van der Waals surface area contributed by atoms with Gasteiger partial charge < -0.3 is 19.5 Å². The van der Waals surface area contributed by atoms with Gasteiger partial charge in [0.1, 0.15) is 22.5 Å². The number of β-lactam (4-membered cyclic amide) rings is 1. The Labute approximate surface area is 219 Å². The van der Waals surface area contributed by atoms with Crippen LogP contribution in [0.1, 0.15) is 70.8 Å². The summed E-state index contributed by atoms with van der Waals surface area (Å²) in [6, 6.07) is -0.419. The normalized spacial score (nSPS) is 22.7. The number of aromatic nitrogens is 2. The van der Waals surface area contributed by atoms with Gasteiger partial charge in [-0.15, -0.1) is 11.3 Å². The molecule has 1 N–H and O–H groups in total. The van der Waals surface area contributed by atoms with E-state index < -0.39 is 47.6 Å². The van der Waals surface area contributed by atoms with Gasteiger partial charge in [0.05, 0.1) is 28.4 Å². The summed E-state index contributed by atoms with van der Waals surface area (Å²) in [7, 11) is 0. The SMILES string of the molecule is C[C@@H](O)[C@H]1C(=O)N2C(C(=O)OCOC(=O)C(C)(C)C)=C(c3cn4cnc(C(=O)C(C)(C)C)c4s3)[C@H](C)[C@H]12. The lowest BCUT2D eigenvalue weighted by Gasteiger charge is -2.46. The van der Waals surface area contributed by atoms with Crippen LogP contribution >= 0.6 is 11.3 Å². The Balaban J connectivity index is 1.73. The highest BCUT2D eigenvalue weighted by Crippen LogP contribution is 2.52. The Morgan fingerprint density at radius 2 is 1.78 bits per heavy atom. The number of rotatable bonds is 6. The molecule has 2 aromatic heterocycles. The molecule has 0 aliphatic carbocycles. The molecular formula is C26H33N3O7S. The van der Waals surface area contributed by atoms with Crippen molar-refractivity contribution in [3.05, 3.63) is 28.8 Å². The molecule has 37 heavy (non-hydrogen) atoms. The minimum Gasteiger partial charge on any atom is -0.427 e. The molecule has 4 rings (SSSR count). The Hall–Kier alpha value is -3.05. The van der Waals surface area contributed by atoms with Gasteiger partial charge in [-0.05, 0) is 27.7 Å². The fraction of sp³-hybridized carbons (Fsp3) is 0.577. The summed E-state index contributed by atoms with van der Waals surface area (Å²) in [5.74, 6) is -2.75. The van der Waals surface area contributed by atoms with Gasteiger partial charge in [0.25, 0.3) is 0 Å². The van der Waals surface area contributed by atoms with Gasteiger partial charge in [-0.2, -0.15) is 0 Å². The summed E-state index contributed by atoms with van der Waals surface area (Å²) in [5, 5.41) is 10.2. The van der Waals surface area contributed by atoms with Crippen LogP contribution in [0.2, 0.25) is 0 Å². The number of ether oxygens (including phenoxy) is 2. The molecule has 0 saturated carbocycles. The molecule has 10 nitrogen and oxygen atoms in total. The fourth-order valence-electron chi connectivity index (χ4n) is 4.74. The summed E-state index contributed by atoms with van der Waals surface area (Å²) in [6.07, 6.45) is 2.44. The van der Waals surface area contributed by atoms with E-state index in [1.807, 2.05) is 27.7 Å². The van der Waals surface area contributed by atoms with Gasteiger partial charge in [0, 0.05) is 23.1 Å². The third-order valence-corrected chi connectivity index (χ3v) is 7.87. The number of esters is 2. The Bertz CT molecular complexity index is 1320. The number of amides is 1. The maximum atomic E-state index is 13.3. The van der Waals surface area contributed by atoms with Crippen LogP contribution in [0, 0.1) is 22.7 Å². The van der Waals surface area contributed by atoms with Crippen molar-refractivity contribution in [3.63, 3.8) is 0 Å². The summed E-state index contributed by atoms with van der Waals surface area (Å²) in [4.78, 5) is 58.3. The van der Waals surface area contributed by atoms with Crippen molar-refractivity contribution in [2.75, 3.05) is 6.79 Å². The molecule has 0 bridgehead atoms. The number of hydrogen-bond donors (Lipinski definition) is 1. The van der Waals surface area contributed by atoms with Crippen molar-refractivity contribution in [1.29, 1.82) is 0 Å². The molecule has 1 saturated heterocycles. The van der Waals surface area contributed by atoms with Crippen molar-refractivity contribution < 1.29 is 33.8 Å². The minimum atomic E-state index is -0.889. The van der Waals surface area contributed by atoms with E-state index in [-0.39, 0.29) is 23.3 Å². The van der Waals surface area contributed by atoms with Gasteiger partial charge in [0.2, 0.25) is 12.7 Å². The van der Waals surface area contributed by atoms with Crippen LogP contribution in [0.3, 0.4) is 0 Å². The van der Waals surface area contributed by atoms with Crippen molar-refractivity contribution >= 4 is 45.4 Å². The minimum absolute atomic E-state index is 0.0624. The van der Waals surface area contributed by atoms with Gasteiger partial charge in [0.15, 0.2) is 5.78 Å². The van der Waals surface area contributed by atoms with E-state index in [9.17, 15) is 24.3 Å². The second-order valence-electron chi connectivity index (χ2n) is 11.7. The number of carbonyl (C=O) groups excluding carboxylic acids is 4. The topological polar surface area (TPSA) is 128 Å². The molecule has 0 radical (unpaired) electrons. The highest BCUT2D eigenvalue weighted by molar-refractivity contribution is 7.18. The number of hydrogen-bond acceptors (Lipinski definition) is 9. The maximum absolute atomic E-state index is 13.3. The number of Topliss-reactive ketones (excluding diaryl/α,β-unsaturated/α-hetero) is 1. The molecule has 2 aliphatic rings.